The lowest BCUT2D eigenvalue weighted by Crippen LogP contribution is -2.41. The zero-order chi connectivity index (χ0) is 34.4. The fourth-order valence-electron chi connectivity index (χ4n) is 8.35. The van der Waals surface area contributed by atoms with Gasteiger partial charge in [-0.2, -0.15) is 0 Å². The van der Waals surface area contributed by atoms with E-state index in [1.54, 1.807) is 7.11 Å². The molecule has 0 spiro atoms. The number of aromatic nitrogens is 4. The molecule has 1 saturated heterocycles. The van der Waals surface area contributed by atoms with Crippen molar-refractivity contribution < 1.29 is 19.1 Å². The minimum atomic E-state index is -0.556. The predicted octanol–water partition coefficient (Wildman–Crippen LogP) is 5.47. The molecule has 3 atom stereocenters. The molecule has 3 aromatic heterocycles. The Kier molecular flexibility index (Phi) is 6.93. The highest BCUT2D eigenvalue weighted by Crippen LogP contribution is 2.41. The number of rotatable bonds is 7. The molecule has 9 rings (SSSR count). The van der Waals surface area contributed by atoms with Gasteiger partial charge in [-0.15, -0.1) is 0 Å². The second-order valence-corrected chi connectivity index (χ2v) is 14.1. The van der Waals surface area contributed by atoms with Gasteiger partial charge in [0, 0.05) is 65.7 Å². The number of methoxy groups -OCH3 is 2. The molecule has 2 bridgehead atoms. The summed E-state index contributed by atoms with van der Waals surface area (Å²) in [5.74, 6) is 1.78. The molecule has 3 aliphatic rings. The number of benzene rings is 3. The third-order valence-electron chi connectivity index (χ3n) is 11.2. The number of ether oxygens (including phenoxy) is 2. The van der Waals surface area contributed by atoms with Gasteiger partial charge in [0.15, 0.2) is 5.82 Å². The van der Waals surface area contributed by atoms with Crippen LogP contribution in [0.15, 0.2) is 65.5 Å². The van der Waals surface area contributed by atoms with Crippen LogP contribution in [0.5, 0.6) is 5.75 Å². The summed E-state index contributed by atoms with van der Waals surface area (Å²) in [5.41, 5.74) is 12.9. The van der Waals surface area contributed by atoms with E-state index in [-0.39, 0.29) is 29.1 Å². The van der Waals surface area contributed by atoms with E-state index >= 15 is 0 Å². The number of carbonyl (C=O) groups excluding carboxylic acids is 2. The summed E-state index contributed by atoms with van der Waals surface area (Å²) in [5, 5.41) is 1.70. The number of hydrogen-bond donors (Lipinski definition) is 2. The van der Waals surface area contributed by atoms with Gasteiger partial charge in [0.25, 0.3) is 5.91 Å². The molecule has 50 heavy (non-hydrogen) atoms. The summed E-state index contributed by atoms with van der Waals surface area (Å²) in [7, 11) is 4.94. The average molecular weight is 671 g/mol. The van der Waals surface area contributed by atoms with E-state index in [1.807, 2.05) is 42.3 Å². The van der Waals surface area contributed by atoms with Crippen molar-refractivity contribution in [2.75, 3.05) is 20.8 Å². The molecule has 0 unspecified atom stereocenters. The predicted molar refractivity (Wildman–Crippen MR) is 191 cm³/mol. The highest BCUT2D eigenvalue weighted by atomic mass is 16.5. The standard InChI is InChI=1S/C39H38N6O5/c1-43-36-29(13-25(16-33(36)49-2)38(47)45-19-24-9-11-30(45)35(24)40)42-37(43)32-15-23-7-6-22(14-31(23)44(32)18-20-4-5-20)21-8-10-28-26(12-21)27(39(48)50-3)17-34(46)41-28/h6-8,10,12-17,20,24,30,35H,4-5,9,11,18-19,40H2,1-3H3,(H,41,46)/t24-,30-,35-/m1/s1. The van der Waals surface area contributed by atoms with Crippen LogP contribution in [0, 0.1) is 11.8 Å². The van der Waals surface area contributed by atoms with Gasteiger partial charge in [-0.25, -0.2) is 9.78 Å². The number of carbonyl (C=O) groups is 2. The molecular formula is C39H38N6O5. The third kappa shape index (κ3) is 4.74. The summed E-state index contributed by atoms with van der Waals surface area (Å²) in [4.78, 5) is 48.5. The van der Waals surface area contributed by atoms with Crippen LogP contribution in [0.1, 0.15) is 46.4 Å². The number of esters is 1. The molecule has 11 heteroatoms. The number of fused-ring (bicyclic) bond motifs is 5. The van der Waals surface area contributed by atoms with Crippen LogP contribution < -0.4 is 16.0 Å². The monoisotopic (exact) mass is 670 g/mol. The molecule has 6 aromatic rings. The molecule has 254 valence electrons. The number of likely N-dealkylation sites (tertiary alicyclic amines) is 1. The first-order valence-corrected chi connectivity index (χ1v) is 17.2. The van der Waals surface area contributed by atoms with Gasteiger partial charge in [0.2, 0.25) is 5.56 Å². The Balaban J connectivity index is 1.15. The van der Waals surface area contributed by atoms with Crippen LogP contribution in [0.2, 0.25) is 0 Å². The summed E-state index contributed by atoms with van der Waals surface area (Å²) < 4.78 is 15.3. The normalized spacial score (nSPS) is 20.0. The number of nitrogens with one attached hydrogen (secondary N) is 1. The number of amides is 1. The number of aromatic amines is 1. The number of H-pyrrole nitrogens is 1. The molecule has 2 aliphatic carbocycles. The smallest absolute Gasteiger partial charge is 0.338 e. The van der Waals surface area contributed by atoms with Gasteiger partial charge in [-0.05, 0) is 85.0 Å². The van der Waals surface area contributed by atoms with Crippen molar-refractivity contribution in [3.63, 3.8) is 0 Å². The van der Waals surface area contributed by atoms with E-state index in [2.05, 4.69) is 38.4 Å². The Morgan fingerprint density at radius 3 is 2.50 bits per heavy atom. The van der Waals surface area contributed by atoms with Crippen molar-refractivity contribution in [1.29, 1.82) is 0 Å². The second kappa shape index (κ2) is 11.3. The lowest BCUT2D eigenvalue weighted by Gasteiger charge is -2.27. The van der Waals surface area contributed by atoms with Gasteiger partial charge < -0.3 is 34.2 Å². The van der Waals surface area contributed by atoms with Gasteiger partial charge in [0.1, 0.15) is 11.3 Å². The van der Waals surface area contributed by atoms with Gasteiger partial charge >= 0.3 is 5.97 Å². The van der Waals surface area contributed by atoms with Crippen LogP contribution in [-0.4, -0.2) is 68.7 Å². The Morgan fingerprint density at radius 1 is 0.980 bits per heavy atom. The van der Waals surface area contributed by atoms with Crippen LogP contribution in [0.3, 0.4) is 0 Å². The summed E-state index contributed by atoms with van der Waals surface area (Å²) in [6.07, 6.45) is 4.40. The van der Waals surface area contributed by atoms with E-state index in [4.69, 9.17) is 20.2 Å². The van der Waals surface area contributed by atoms with Gasteiger partial charge in [-0.1, -0.05) is 18.2 Å². The SMILES string of the molecule is COC(=O)c1cc(=O)[nH]c2ccc(-c3ccc4cc(-c5nc6cc(C(=O)N7C[C@H]8CC[C@@H]7[C@@H]8N)cc(OC)c6n5C)n(CC5CC5)c4c3)cc12. The minimum Gasteiger partial charge on any atom is -0.494 e. The summed E-state index contributed by atoms with van der Waals surface area (Å²) in [6, 6.07) is 19.4. The van der Waals surface area contributed by atoms with Crippen LogP contribution in [-0.2, 0) is 18.3 Å². The summed E-state index contributed by atoms with van der Waals surface area (Å²) >= 11 is 0. The Labute approximate surface area is 287 Å². The topological polar surface area (TPSA) is 137 Å². The lowest BCUT2D eigenvalue weighted by atomic mass is 10.00. The lowest BCUT2D eigenvalue weighted by molar-refractivity contribution is 0.0602. The molecule has 3 aromatic carbocycles. The largest absolute Gasteiger partial charge is 0.494 e. The molecule has 2 saturated carbocycles. The second-order valence-electron chi connectivity index (χ2n) is 14.1. The quantitative estimate of drug-likeness (QED) is 0.215. The van der Waals surface area contributed by atoms with Gasteiger partial charge in [0.05, 0.1) is 31.0 Å². The molecular weight excluding hydrogens is 632 g/mol. The van der Waals surface area contributed by atoms with E-state index < -0.39 is 5.97 Å². The van der Waals surface area contributed by atoms with Crippen molar-refractivity contribution in [3.05, 3.63) is 82.1 Å². The fraction of sp³-hybridized carbons (Fsp3) is 0.333. The Morgan fingerprint density at radius 2 is 1.78 bits per heavy atom. The molecule has 3 N–H and O–H groups in total. The minimum absolute atomic E-state index is 0.0193. The van der Waals surface area contributed by atoms with Crippen LogP contribution in [0.4, 0.5) is 0 Å². The van der Waals surface area contributed by atoms with Crippen molar-refractivity contribution in [2.45, 2.75) is 44.3 Å². The van der Waals surface area contributed by atoms with Crippen LogP contribution in [0.25, 0.3) is 55.5 Å². The van der Waals surface area contributed by atoms with E-state index in [1.165, 1.54) is 26.0 Å². The third-order valence-corrected chi connectivity index (χ3v) is 11.2. The first-order valence-electron chi connectivity index (χ1n) is 17.2. The zero-order valence-electron chi connectivity index (χ0n) is 28.2. The summed E-state index contributed by atoms with van der Waals surface area (Å²) in [6.45, 7) is 1.56. The highest BCUT2D eigenvalue weighted by Gasteiger charge is 2.47. The van der Waals surface area contributed by atoms with E-state index in [9.17, 15) is 14.4 Å². The number of pyridine rings is 1. The maximum absolute atomic E-state index is 13.8. The number of aryl methyl sites for hydroxylation is 1. The molecule has 11 nitrogen and oxygen atoms in total. The highest BCUT2D eigenvalue weighted by molar-refractivity contribution is 6.05. The Bertz CT molecular complexity index is 2450. The van der Waals surface area contributed by atoms with Crippen molar-refractivity contribution in [1.82, 2.24) is 24.0 Å². The first kappa shape index (κ1) is 30.6. The number of piperidine rings is 1. The first-order chi connectivity index (χ1) is 24.2. The number of hydrogen-bond acceptors (Lipinski definition) is 7. The molecule has 4 heterocycles. The van der Waals surface area contributed by atoms with Crippen molar-refractivity contribution in [3.8, 4) is 28.4 Å². The number of imidazole rings is 1. The molecule has 1 amide bonds. The fourth-order valence-corrected chi connectivity index (χ4v) is 8.35. The molecule has 0 radical (unpaired) electrons. The molecule has 3 fully saturated rings. The van der Waals surface area contributed by atoms with E-state index in [0.29, 0.717) is 46.1 Å². The van der Waals surface area contributed by atoms with Gasteiger partial charge in [-0.3, -0.25) is 9.59 Å². The number of nitrogens with two attached hydrogens (primary N) is 1. The maximum atomic E-state index is 13.8. The van der Waals surface area contributed by atoms with E-state index in [0.717, 1.165) is 58.5 Å². The Hall–Kier alpha value is -5.42. The maximum Gasteiger partial charge on any atom is 0.338 e. The zero-order valence-corrected chi connectivity index (χ0v) is 28.2. The number of nitrogens with zero attached hydrogens (tertiary/aromatic N) is 4. The van der Waals surface area contributed by atoms with Crippen molar-refractivity contribution in [2.24, 2.45) is 24.6 Å². The molecule has 1 aliphatic heterocycles. The average Bonchev–Trinajstić information content (AvgIpc) is 3.53. The van der Waals surface area contributed by atoms with Crippen LogP contribution >= 0.6 is 0 Å². The van der Waals surface area contributed by atoms with Crippen molar-refractivity contribution >= 4 is 44.7 Å².